The van der Waals surface area contributed by atoms with Crippen LogP contribution >= 0.6 is 0 Å². The van der Waals surface area contributed by atoms with Crippen LogP contribution in [0.2, 0.25) is 0 Å². The molecule has 2 atom stereocenters. The largest absolute Gasteiger partial charge is 0.379 e. The van der Waals surface area contributed by atoms with Crippen molar-refractivity contribution < 1.29 is 9.53 Å². The van der Waals surface area contributed by atoms with Gasteiger partial charge in [0.05, 0.1) is 24.0 Å². The van der Waals surface area contributed by atoms with Crippen molar-refractivity contribution in [3.63, 3.8) is 0 Å². The first-order valence-corrected chi connectivity index (χ1v) is 13.3. The van der Waals surface area contributed by atoms with Crippen LogP contribution in [0.1, 0.15) is 23.2 Å². The topological polar surface area (TPSA) is 105 Å². The molecule has 11 heteroatoms. The molecule has 200 valence electrons. The Hall–Kier alpha value is -3.54. The Morgan fingerprint density at radius 2 is 2.00 bits per heavy atom. The summed E-state index contributed by atoms with van der Waals surface area (Å²) in [7, 11) is 5.70. The normalized spacial score (nSPS) is 20.6. The molecule has 2 N–H and O–H groups in total. The number of nitrogens with one attached hydrogen (secondary N) is 2. The highest BCUT2D eigenvalue weighted by atomic mass is 16.5. The van der Waals surface area contributed by atoms with E-state index in [1.807, 2.05) is 25.4 Å². The second-order valence-corrected chi connectivity index (χ2v) is 10.3. The van der Waals surface area contributed by atoms with Gasteiger partial charge in [-0.25, -0.2) is 9.97 Å². The van der Waals surface area contributed by atoms with Crippen molar-refractivity contribution in [2.45, 2.75) is 31.5 Å². The average Bonchev–Trinajstić information content (AvgIpc) is 3.52. The van der Waals surface area contributed by atoms with Gasteiger partial charge in [-0.1, -0.05) is 0 Å². The van der Waals surface area contributed by atoms with Gasteiger partial charge >= 0.3 is 0 Å². The van der Waals surface area contributed by atoms with Gasteiger partial charge in [-0.15, -0.1) is 0 Å². The van der Waals surface area contributed by atoms with Gasteiger partial charge in [-0.05, 0) is 32.0 Å². The van der Waals surface area contributed by atoms with Crippen molar-refractivity contribution >= 4 is 28.4 Å². The SMILES string of the molecule is CNc1cc(-c2cn(CCN3CCN(C)CC3)c3ncccc23)nc2c(C(=O)NC3CC[C@H]3OC)cnn12. The third-order valence-electron chi connectivity index (χ3n) is 7.97. The number of likely N-dealkylation sites (N-methyl/N-ethyl adjacent to an activating group) is 1. The zero-order chi connectivity index (χ0) is 26.2. The summed E-state index contributed by atoms with van der Waals surface area (Å²) in [6.45, 7) is 6.18. The summed E-state index contributed by atoms with van der Waals surface area (Å²) in [6, 6.07) is 6.02. The molecule has 6 rings (SSSR count). The predicted octanol–water partition coefficient (Wildman–Crippen LogP) is 1.94. The first kappa shape index (κ1) is 24.8. The van der Waals surface area contributed by atoms with Crippen molar-refractivity contribution in [1.29, 1.82) is 0 Å². The third-order valence-corrected chi connectivity index (χ3v) is 7.97. The van der Waals surface area contributed by atoms with Crippen LogP contribution in [-0.2, 0) is 11.3 Å². The van der Waals surface area contributed by atoms with Crippen LogP contribution in [0.3, 0.4) is 0 Å². The molecule has 1 amide bonds. The van der Waals surface area contributed by atoms with Crippen LogP contribution < -0.4 is 10.6 Å². The van der Waals surface area contributed by atoms with Crippen molar-refractivity contribution in [3.05, 3.63) is 42.4 Å². The first-order valence-electron chi connectivity index (χ1n) is 13.3. The molecule has 0 radical (unpaired) electrons. The second-order valence-electron chi connectivity index (χ2n) is 10.3. The molecule has 4 aromatic heterocycles. The highest BCUT2D eigenvalue weighted by Gasteiger charge is 2.33. The molecule has 38 heavy (non-hydrogen) atoms. The number of hydrogen-bond donors (Lipinski definition) is 2. The molecule has 1 saturated carbocycles. The van der Waals surface area contributed by atoms with Crippen molar-refractivity contribution in [2.75, 3.05) is 59.2 Å². The van der Waals surface area contributed by atoms with Gasteiger partial charge in [-0.3, -0.25) is 9.69 Å². The van der Waals surface area contributed by atoms with E-state index in [1.165, 1.54) is 0 Å². The summed E-state index contributed by atoms with van der Waals surface area (Å²) in [6.07, 6.45) is 7.48. The number of anilines is 1. The quantitative estimate of drug-likeness (QED) is 0.366. The minimum absolute atomic E-state index is 0.0127. The van der Waals surface area contributed by atoms with Crippen molar-refractivity contribution in [3.8, 4) is 11.3 Å². The lowest BCUT2D eigenvalue weighted by molar-refractivity contribution is 0.00732. The molecule has 0 bridgehead atoms. The van der Waals surface area contributed by atoms with E-state index in [4.69, 9.17) is 14.7 Å². The number of fused-ring (bicyclic) bond motifs is 2. The van der Waals surface area contributed by atoms with Crippen LogP contribution in [0.25, 0.3) is 27.9 Å². The fraction of sp³-hybridized carbons (Fsp3) is 0.481. The second kappa shape index (κ2) is 10.3. The summed E-state index contributed by atoms with van der Waals surface area (Å²) < 4.78 is 9.35. The predicted molar refractivity (Wildman–Crippen MR) is 146 cm³/mol. The maximum atomic E-state index is 13.2. The van der Waals surface area contributed by atoms with Crippen LogP contribution in [0, 0.1) is 0 Å². The standard InChI is InChI=1S/C27H35N9O2/c1-28-24-15-22(31-26-19(16-30-36(24)26)27(37)32-21-6-7-23(21)38-3)20-17-35(25-18(20)5-4-8-29-25)14-13-34-11-9-33(2)10-12-34/h4-5,8,15-17,21,23,28H,6-7,9-14H2,1-3H3,(H,32,37)/t21?,23-/m1/s1. The molecule has 2 fully saturated rings. The summed E-state index contributed by atoms with van der Waals surface area (Å²) in [5.41, 5.74) is 3.65. The number of pyridine rings is 1. The summed E-state index contributed by atoms with van der Waals surface area (Å²) in [5, 5.41) is 11.8. The number of rotatable bonds is 8. The van der Waals surface area contributed by atoms with E-state index in [1.54, 1.807) is 17.8 Å². The zero-order valence-electron chi connectivity index (χ0n) is 22.2. The van der Waals surface area contributed by atoms with Crippen LogP contribution in [-0.4, -0.2) is 106 Å². The van der Waals surface area contributed by atoms with Gasteiger partial charge < -0.3 is 24.8 Å². The van der Waals surface area contributed by atoms with E-state index < -0.39 is 0 Å². The smallest absolute Gasteiger partial charge is 0.257 e. The molecule has 2 aliphatic rings. The van der Waals surface area contributed by atoms with Crippen LogP contribution in [0.4, 0.5) is 5.82 Å². The van der Waals surface area contributed by atoms with Crippen molar-refractivity contribution in [1.82, 2.24) is 39.3 Å². The molecule has 1 aliphatic carbocycles. The molecular weight excluding hydrogens is 482 g/mol. The number of carbonyl (C=O) groups is 1. The number of hydrogen-bond acceptors (Lipinski definition) is 8. The summed E-state index contributed by atoms with van der Waals surface area (Å²) in [5.74, 6) is 0.569. The third kappa shape index (κ3) is 4.50. The highest BCUT2D eigenvalue weighted by Crippen LogP contribution is 2.31. The molecule has 1 unspecified atom stereocenters. The van der Waals surface area contributed by atoms with E-state index >= 15 is 0 Å². The average molecular weight is 518 g/mol. The molecule has 1 saturated heterocycles. The molecule has 1 aliphatic heterocycles. The fourth-order valence-electron chi connectivity index (χ4n) is 5.42. The van der Waals surface area contributed by atoms with Gasteiger partial charge in [0.1, 0.15) is 17.0 Å². The zero-order valence-corrected chi connectivity index (χ0v) is 22.2. The Labute approximate surface area is 221 Å². The van der Waals surface area contributed by atoms with Gasteiger partial charge in [0, 0.05) is 82.8 Å². The summed E-state index contributed by atoms with van der Waals surface area (Å²) >= 11 is 0. The Balaban J connectivity index is 1.34. The Bertz CT molecular complexity index is 1450. The number of nitrogens with zero attached hydrogens (tertiary/aromatic N) is 7. The molecule has 0 aromatic carbocycles. The van der Waals surface area contributed by atoms with Crippen molar-refractivity contribution in [2.24, 2.45) is 0 Å². The molecule has 11 nitrogen and oxygen atoms in total. The fourth-order valence-corrected chi connectivity index (χ4v) is 5.42. The molecule has 4 aromatic rings. The number of amides is 1. The molecular formula is C27H35N9O2. The number of ether oxygens (including phenoxy) is 1. The van der Waals surface area contributed by atoms with E-state index in [-0.39, 0.29) is 18.1 Å². The number of piperazine rings is 1. The number of carbonyl (C=O) groups excluding carboxylic acids is 1. The number of aromatic nitrogens is 5. The molecule has 0 spiro atoms. The molecule has 5 heterocycles. The monoisotopic (exact) mass is 517 g/mol. The van der Waals surface area contributed by atoms with E-state index in [9.17, 15) is 4.79 Å². The maximum absolute atomic E-state index is 13.2. The van der Waals surface area contributed by atoms with Crippen LogP contribution in [0.15, 0.2) is 36.8 Å². The minimum atomic E-state index is -0.185. The van der Waals surface area contributed by atoms with Gasteiger partial charge in [0.2, 0.25) is 0 Å². The van der Waals surface area contributed by atoms with Gasteiger partial charge in [0.15, 0.2) is 5.65 Å². The van der Waals surface area contributed by atoms with E-state index in [0.29, 0.717) is 11.2 Å². The summed E-state index contributed by atoms with van der Waals surface area (Å²) in [4.78, 5) is 27.7. The van der Waals surface area contributed by atoms with E-state index in [2.05, 4.69) is 49.4 Å². The van der Waals surface area contributed by atoms with Gasteiger partial charge in [-0.2, -0.15) is 9.61 Å². The Kier molecular flexibility index (Phi) is 6.73. The van der Waals surface area contributed by atoms with E-state index in [0.717, 1.165) is 80.2 Å². The van der Waals surface area contributed by atoms with Crippen LogP contribution in [0.5, 0.6) is 0 Å². The number of methoxy groups -OCH3 is 1. The first-order chi connectivity index (χ1) is 18.6. The Morgan fingerprint density at radius 3 is 2.74 bits per heavy atom. The minimum Gasteiger partial charge on any atom is -0.379 e. The lowest BCUT2D eigenvalue weighted by Crippen LogP contribution is -2.51. The highest BCUT2D eigenvalue weighted by molar-refractivity contribution is 6.01. The van der Waals surface area contributed by atoms with Gasteiger partial charge in [0.25, 0.3) is 5.91 Å². The lowest BCUT2D eigenvalue weighted by Gasteiger charge is -2.35. The maximum Gasteiger partial charge on any atom is 0.257 e. The Morgan fingerprint density at radius 1 is 1.16 bits per heavy atom. The lowest BCUT2D eigenvalue weighted by atomic mass is 9.89.